The third-order valence-corrected chi connectivity index (χ3v) is 12.9. The van der Waals surface area contributed by atoms with Gasteiger partial charge in [-0.25, -0.2) is 4.89 Å². The number of hydrogen-bond acceptors (Lipinski definition) is 5. The van der Waals surface area contributed by atoms with Gasteiger partial charge in [0.25, 0.3) is 5.79 Å². The van der Waals surface area contributed by atoms with Crippen LogP contribution in [0.15, 0.2) is 24.3 Å². The maximum atomic E-state index is 6.53. The lowest BCUT2D eigenvalue weighted by molar-refractivity contribution is -0.625. The Morgan fingerprint density at radius 2 is 1.67 bits per heavy atom. The normalized spacial score (nSPS) is 29.0. The first-order chi connectivity index (χ1) is 13.6. The van der Waals surface area contributed by atoms with E-state index in [4.69, 9.17) is 18.9 Å². The molecule has 30 heavy (non-hydrogen) atoms. The van der Waals surface area contributed by atoms with E-state index < -0.39 is 19.7 Å². The minimum atomic E-state index is -1.89. The van der Waals surface area contributed by atoms with Gasteiger partial charge in [0.15, 0.2) is 5.60 Å². The van der Waals surface area contributed by atoms with Crippen molar-refractivity contribution >= 4 is 29.7 Å². The molecule has 3 heterocycles. The van der Waals surface area contributed by atoms with Crippen LogP contribution in [-0.2, 0) is 20.3 Å². The Balaban J connectivity index is 1.75. The zero-order valence-corrected chi connectivity index (χ0v) is 21.9. The van der Waals surface area contributed by atoms with Crippen LogP contribution in [0.4, 0.5) is 0 Å². The van der Waals surface area contributed by atoms with Crippen molar-refractivity contribution in [1.29, 1.82) is 0 Å². The van der Waals surface area contributed by atoms with Gasteiger partial charge in [-0.2, -0.15) is 4.89 Å². The van der Waals surface area contributed by atoms with Crippen LogP contribution >= 0.6 is 11.3 Å². The summed E-state index contributed by atoms with van der Waals surface area (Å²) in [5, 5.41) is 1.32. The fraction of sp³-hybridized carbons (Fsp3) is 0.667. The summed E-state index contributed by atoms with van der Waals surface area (Å²) in [6.45, 7) is 23.0. The second-order valence-electron chi connectivity index (χ2n) is 12.1. The van der Waals surface area contributed by atoms with Crippen molar-refractivity contribution in [3.63, 3.8) is 0 Å². The number of benzene rings is 1. The van der Waals surface area contributed by atoms with Gasteiger partial charge in [0.2, 0.25) is 8.32 Å². The minimum Gasteiger partial charge on any atom is -0.543 e. The average Bonchev–Trinajstić information content (AvgIpc) is 3.00. The molecule has 0 aliphatic carbocycles. The van der Waals surface area contributed by atoms with Crippen molar-refractivity contribution in [2.24, 2.45) is 10.8 Å². The lowest BCUT2D eigenvalue weighted by Crippen LogP contribution is -2.72. The van der Waals surface area contributed by atoms with Crippen LogP contribution in [0.5, 0.6) is 5.75 Å². The highest BCUT2D eigenvalue weighted by Gasteiger charge is 2.81. The summed E-state index contributed by atoms with van der Waals surface area (Å²) in [6, 6.07) is 8.60. The summed E-state index contributed by atoms with van der Waals surface area (Å²) in [5.74, 6) is 0.0790. The molecule has 2 atom stereocenters. The second kappa shape index (κ2) is 6.32. The zero-order valence-electron chi connectivity index (χ0n) is 20.1. The summed E-state index contributed by atoms with van der Waals surface area (Å²) in [7, 11) is -1.89. The van der Waals surface area contributed by atoms with Crippen molar-refractivity contribution in [2.45, 2.75) is 84.9 Å². The quantitative estimate of drug-likeness (QED) is 0.366. The Morgan fingerprint density at radius 1 is 1.00 bits per heavy atom. The van der Waals surface area contributed by atoms with Crippen LogP contribution in [-0.4, -0.2) is 20.5 Å². The number of thiophene rings is 1. The molecule has 0 bridgehead atoms. The molecule has 6 heteroatoms. The maximum absolute atomic E-state index is 6.53. The van der Waals surface area contributed by atoms with E-state index in [-0.39, 0.29) is 15.9 Å². The molecule has 2 fully saturated rings. The standard InChI is InChI=1S/C24H36O4SSi/c1-20(2,3)24-22(7,8)15-25-23(24,27-28-24)19-14-16-13-17(11-12-18(16)29-19)26-30(9,10)21(4,5)6/h11-14H,15H2,1-10H3. The Bertz CT molecular complexity index is 981. The predicted molar refractivity (Wildman–Crippen MR) is 125 cm³/mol. The Kier molecular flexibility index (Phi) is 4.69. The van der Waals surface area contributed by atoms with E-state index in [0.717, 1.165) is 16.0 Å². The maximum Gasteiger partial charge on any atom is 0.270 e. The van der Waals surface area contributed by atoms with E-state index in [9.17, 15) is 0 Å². The smallest absolute Gasteiger partial charge is 0.270 e. The lowest BCUT2D eigenvalue weighted by atomic mass is 9.58. The summed E-state index contributed by atoms with van der Waals surface area (Å²) in [5.41, 5.74) is -0.872. The molecule has 4 nitrogen and oxygen atoms in total. The third-order valence-electron chi connectivity index (χ3n) is 7.38. The molecule has 0 amide bonds. The van der Waals surface area contributed by atoms with E-state index in [0.29, 0.717) is 6.61 Å². The molecule has 2 saturated heterocycles. The van der Waals surface area contributed by atoms with Crippen LogP contribution in [0.1, 0.15) is 60.3 Å². The number of ether oxygens (including phenoxy) is 1. The first-order valence-electron chi connectivity index (χ1n) is 10.8. The van der Waals surface area contributed by atoms with Gasteiger partial charge in [-0.15, -0.1) is 11.3 Å². The molecule has 166 valence electrons. The third kappa shape index (κ3) is 2.80. The Morgan fingerprint density at radius 3 is 2.20 bits per heavy atom. The van der Waals surface area contributed by atoms with Gasteiger partial charge in [-0.05, 0) is 47.8 Å². The fourth-order valence-electron chi connectivity index (χ4n) is 4.88. The SMILES string of the molecule is CC(C)(C)C12OOC1(c1cc3cc(O[Si](C)(C)C(C)(C)C)ccc3s1)OCC2(C)C. The molecule has 2 aliphatic heterocycles. The first-order valence-corrected chi connectivity index (χ1v) is 14.5. The molecule has 2 unspecified atom stereocenters. The predicted octanol–water partition coefficient (Wildman–Crippen LogP) is 7.24. The summed E-state index contributed by atoms with van der Waals surface area (Å²) in [4.78, 5) is 12.9. The minimum absolute atomic E-state index is 0.155. The van der Waals surface area contributed by atoms with Crippen LogP contribution in [0.3, 0.4) is 0 Å². The van der Waals surface area contributed by atoms with Crippen LogP contribution < -0.4 is 4.43 Å². The van der Waals surface area contributed by atoms with Gasteiger partial charge < -0.3 is 9.16 Å². The van der Waals surface area contributed by atoms with E-state index in [2.05, 4.69) is 92.7 Å². The average molecular weight is 449 g/mol. The van der Waals surface area contributed by atoms with Gasteiger partial charge in [0.05, 0.1) is 11.5 Å². The van der Waals surface area contributed by atoms with Crippen molar-refractivity contribution in [3.8, 4) is 5.75 Å². The van der Waals surface area contributed by atoms with E-state index in [1.807, 2.05) is 0 Å². The van der Waals surface area contributed by atoms with Crippen molar-refractivity contribution in [1.82, 2.24) is 0 Å². The van der Waals surface area contributed by atoms with E-state index in [1.54, 1.807) is 11.3 Å². The Hall–Kier alpha value is -0.923. The van der Waals surface area contributed by atoms with Crippen molar-refractivity contribution < 1.29 is 18.9 Å². The molecule has 4 rings (SSSR count). The summed E-state index contributed by atoms with van der Waals surface area (Å²) >= 11 is 1.72. The molecular weight excluding hydrogens is 412 g/mol. The zero-order chi connectivity index (χ0) is 22.4. The first kappa shape index (κ1) is 22.3. The van der Waals surface area contributed by atoms with Crippen molar-refractivity contribution in [2.75, 3.05) is 6.61 Å². The van der Waals surface area contributed by atoms with E-state index >= 15 is 0 Å². The topological polar surface area (TPSA) is 36.9 Å². The molecule has 0 radical (unpaired) electrons. The number of hydrogen-bond donors (Lipinski definition) is 0. The highest BCUT2D eigenvalue weighted by Crippen LogP contribution is 2.70. The molecule has 1 aromatic carbocycles. The number of rotatable bonds is 3. The highest BCUT2D eigenvalue weighted by atomic mass is 32.1. The van der Waals surface area contributed by atoms with Gasteiger partial charge in [0.1, 0.15) is 5.75 Å². The monoisotopic (exact) mass is 448 g/mol. The molecule has 0 spiro atoms. The fourth-order valence-corrected chi connectivity index (χ4v) is 7.07. The number of fused-ring (bicyclic) bond motifs is 2. The van der Waals surface area contributed by atoms with Crippen LogP contribution in [0.2, 0.25) is 18.1 Å². The molecular formula is C24H36O4SSi. The Labute approximate surface area is 185 Å². The van der Waals surface area contributed by atoms with Gasteiger partial charge in [-0.1, -0.05) is 55.4 Å². The molecule has 2 aliphatic rings. The van der Waals surface area contributed by atoms with Gasteiger partial charge in [-0.3, -0.25) is 0 Å². The largest absolute Gasteiger partial charge is 0.543 e. The van der Waals surface area contributed by atoms with E-state index in [1.165, 1.54) is 4.70 Å². The van der Waals surface area contributed by atoms with Crippen LogP contribution in [0.25, 0.3) is 10.1 Å². The highest BCUT2D eigenvalue weighted by molar-refractivity contribution is 7.19. The van der Waals surface area contributed by atoms with Gasteiger partial charge >= 0.3 is 0 Å². The molecule has 1 aromatic heterocycles. The summed E-state index contributed by atoms with van der Waals surface area (Å²) < 4.78 is 14.1. The molecule has 0 N–H and O–H groups in total. The van der Waals surface area contributed by atoms with Crippen molar-refractivity contribution in [3.05, 3.63) is 29.1 Å². The second-order valence-corrected chi connectivity index (χ2v) is 17.9. The molecule has 0 saturated carbocycles. The van der Waals surface area contributed by atoms with Crippen LogP contribution in [0, 0.1) is 10.8 Å². The van der Waals surface area contributed by atoms with Gasteiger partial charge in [0, 0.05) is 15.5 Å². The summed E-state index contributed by atoms with van der Waals surface area (Å²) in [6.07, 6.45) is 0. The lowest BCUT2D eigenvalue weighted by Gasteiger charge is -2.60. The molecule has 2 aromatic rings.